The zero-order valence-electron chi connectivity index (χ0n) is 7.35. The van der Waals surface area contributed by atoms with Crippen molar-refractivity contribution in [2.24, 2.45) is 0 Å². The first-order valence-corrected chi connectivity index (χ1v) is 5.86. The minimum Gasteiger partial charge on any atom is -0.156 e. The number of rotatable bonds is 2. The van der Waals surface area contributed by atoms with Gasteiger partial charge in [-0.15, -0.1) is 11.6 Å². The summed E-state index contributed by atoms with van der Waals surface area (Å²) in [5.74, 6) is 0. The summed E-state index contributed by atoms with van der Waals surface area (Å²) in [5, 5.41) is 2.15. The summed E-state index contributed by atoms with van der Waals surface area (Å²) < 4.78 is 0. The van der Waals surface area contributed by atoms with Crippen molar-refractivity contribution in [3.05, 3.63) is 0 Å². The highest BCUT2D eigenvalue weighted by Gasteiger charge is 2.20. The summed E-state index contributed by atoms with van der Waals surface area (Å²) in [7, 11) is 0. The fraction of sp³-hybridized carbons (Fsp3) is 1.00. The molecule has 0 aromatic rings. The molecular weight excluding hydrogens is 176 g/mol. The molecule has 1 saturated carbocycles. The van der Waals surface area contributed by atoms with Crippen molar-refractivity contribution in [3.63, 3.8) is 0 Å². The lowest BCUT2D eigenvalue weighted by molar-refractivity contribution is 0.522. The molecule has 1 aliphatic rings. The van der Waals surface area contributed by atoms with Gasteiger partial charge in [-0.1, -0.05) is 13.8 Å². The van der Waals surface area contributed by atoms with E-state index in [0.29, 0.717) is 5.38 Å². The molecule has 0 amide bonds. The molecule has 0 bridgehead atoms. The van der Waals surface area contributed by atoms with Crippen LogP contribution in [-0.2, 0) is 0 Å². The molecule has 0 aliphatic heterocycles. The van der Waals surface area contributed by atoms with Gasteiger partial charge in [-0.3, -0.25) is 0 Å². The topological polar surface area (TPSA) is 0 Å². The SMILES string of the molecule is CC(C)SC1CCC(Cl)CC1. The lowest BCUT2D eigenvalue weighted by atomic mass is 10.00. The molecule has 1 rings (SSSR count). The minimum atomic E-state index is 0.471. The number of hydrogen-bond donors (Lipinski definition) is 0. The molecule has 0 aromatic carbocycles. The van der Waals surface area contributed by atoms with Crippen LogP contribution in [0.25, 0.3) is 0 Å². The Labute approximate surface area is 79.1 Å². The summed E-state index contributed by atoms with van der Waals surface area (Å²) >= 11 is 8.13. The highest BCUT2D eigenvalue weighted by molar-refractivity contribution is 8.00. The summed E-state index contributed by atoms with van der Waals surface area (Å²) in [4.78, 5) is 0. The zero-order valence-corrected chi connectivity index (χ0v) is 8.92. The van der Waals surface area contributed by atoms with Crippen LogP contribution in [0.1, 0.15) is 39.5 Å². The average Bonchev–Trinajstić information content (AvgIpc) is 1.93. The highest BCUT2D eigenvalue weighted by Crippen LogP contribution is 2.32. The largest absolute Gasteiger partial charge is 0.156 e. The van der Waals surface area contributed by atoms with Crippen molar-refractivity contribution in [1.82, 2.24) is 0 Å². The van der Waals surface area contributed by atoms with Gasteiger partial charge in [0.1, 0.15) is 0 Å². The van der Waals surface area contributed by atoms with E-state index in [1.54, 1.807) is 0 Å². The first-order valence-electron chi connectivity index (χ1n) is 4.48. The van der Waals surface area contributed by atoms with Gasteiger partial charge < -0.3 is 0 Å². The van der Waals surface area contributed by atoms with E-state index in [2.05, 4.69) is 25.6 Å². The van der Waals surface area contributed by atoms with Crippen LogP contribution in [0.2, 0.25) is 0 Å². The summed E-state index contributed by atoms with van der Waals surface area (Å²) in [6.45, 7) is 4.55. The molecule has 11 heavy (non-hydrogen) atoms. The molecule has 2 heteroatoms. The monoisotopic (exact) mass is 192 g/mol. The van der Waals surface area contributed by atoms with E-state index in [1.165, 1.54) is 25.7 Å². The van der Waals surface area contributed by atoms with Gasteiger partial charge in [-0.25, -0.2) is 0 Å². The van der Waals surface area contributed by atoms with Crippen molar-refractivity contribution in [1.29, 1.82) is 0 Å². The van der Waals surface area contributed by atoms with Gasteiger partial charge in [0.15, 0.2) is 0 Å². The van der Waals surface area contributed by atoms with E-state index in [-0.39, 0.29) is 0 Å². The summed E-state index contributed by atoms with van der Waals surface area (Å²) in [6, 6.07) is 0. The standard InChI is InChI=1S/C9H17ClS/c1-7(2)11-9-5-3-8(10)4-6-9/h7-9H,3-6H2,1-2H3. The Morgan fingerprint density at radius 1 is 1.18 bits per heavy atom. The molecular formula is C9H17ClS. The molecule has 0 N–H and O–H groups in total. The van der Waals surface area contributed by atoms with Gasteiger partial charge in [0.2, 0.25) is 0 Å². The van der Waals surface area contributed by atoms with Gasteiger partial charge in [0, 0.05) is 10.6 Å². The van der Waals surface area contributed by atoms with Crippen molar-refractivity contribution in [2.45, 2.75) is 55.4 Å². The Balaban J connectivity index is 2.17. The molecule has 66 valence electrons. The number of hydrogen-bond acceptors (Lipinski definition) is 1. The van der Waals surface area contributed by atoms with Crippen LogP contribution in [0.3, 0.4) is 0 Å². The Morgan fingerprint density at radius 2 is 1.73 bits per heavy atom. The molecule has 0 unspecified atom stereocenters. The molecule has 1 aliphatic carbocycles. The van der Waals surface area contributed by atoms with Gasteiger partial charge in [-0.2, -0.15) is 11.8 Å². The van der Waals surface area contributed by atoms with Crippen molar-refractivity contribution >= 4 is 23.4 Å². The Morgan fingerprint density at radius 3 is 2.18 bits per heavy atom. The van der Waals surface area contributed by atoms with Crippen molar-refractivity contribution in [2.75, 3.05) is 0 Å². The fourth-order valence-corrected chi connectivity index (χ4v) is 3.11. The van der Waals surface area contributed by atoms with E-state index in [4.69, 9.17) is 11.6 Å². The third kappa shape index (κ3) is 3.71. The van der Waals surface area contributed by atoms with Gasteiger partial charge in [-0.05, 0) is 30.9 Å². The lowest BCUT2D eigenvalue weighted by Crippen LogP contribution is -2.17. The molecule has 1 fully saturated rings. The van der Waals surface area contributed by atoms with Crippen molar-refractivity contribution in [3.8, 4) is 0 Å². The zero-order chi connectivity index (χ0) is 8.27. The number of halogens is 1. The molecule has 0 aromatic heterocycles. The minimum absolute atomic E-state index is 0.471. The number of thioether (sulfide) groups is 1. The van der Waals surface area contributed by atoms with E-state index in [1.807, 2.05) is 0 Å². The van der Waals surface area contributed by atoms with Crippen LogP contribution in [-0.4, -0.2) is 15.9 Å². The van der Waals surface area contributed by atoms with E-state index >= 15 is 0 Å². The maximum Gasteiger partial charge on any atom is 0.0336 e. The first-order chi connectivity index (χ1) is 5.18. The Bertz CT molecular complexity index is 106. The number of alkyl halides is 1. The Kier molecular flexibility index (Phi) is 4.08. The van der Waals surface area contributed by atoms with E-state index in [9.17, 15) is 0 Å². The Hall–Kier alpha value is 0.640. The van der Waals surface area contributed by atoms with Crippen LogP contribution < -0.4 is 0 Å². The second-order valence-corrected chi connectivity index (χ2v) is 6.06. The normalized spacial score (nSPS) is 32.7. The maximum absolute atomic E-state index is 6.01. The van der Waals surface area contributed by atoms with Crippen LogP contribution >= 0.6 is 23.4 Å². The molecule has 0 spiro atoms. The highest BCUT2D eigenvalue weighted by atomic mass is 35.5. The maximum atomic E-state index is 6.01. The third-order valence-corrected chi connectivity index (χ3v) is 3.91. The van der Waals surface area contributed by atoms with Gasteiger partial charge >= 0.3 is 0 Å². The van der Waals surface area contributed by atoms with Gasteiger partial charge in [0.05, 0.1) is 0 Å². The smallest absolute Gasteiger partial charge is 0.0336 e. The first kappa shape index (κ1) is 9.73. The molecule has 0 nitrogen and oxygen atoms in total. The lowest BCUT2D eigenvalue weighted by Gasteiger charge is -2.25. The average molecular weight is 193 g/mol. The quantitative estimate of drug-likeness (QED) is 0.602. The molecule has 0 atom stereocenters. The van der Waals surface area contributed by atoms with Gasteiger partial charge in [0.25, 0.3) is 0 Å². The van der Waals surface area contributed by atoms with Crippen molar-refractivity contribution < 1.29 is 0 Å². The fourth-order valence-electron chi connectivity index (χ4n) is 1.54. The van der Waals surface area contributed by atoms with Crippen LogP contribution in [0.4, 0.5) is 0 Å². The predicted molar refractivity (Wildman–Crippen MR) is 54.6 cm³/mol. The predicted octanol–water partition coefficient (Wildman–Crippen LogP) is 3.68. The second-order valence-electron chi connectivity index (χ2n) is 3.56. The molecule has 0 radical (unpaired) electrons. The third-order valence-electron chi connectivity index (χ3n) is 2.07. The van der Waals surface area contributed by atoms with Crippen LogP contribution in [0.5, 0.6) is 0 Å². The van der Waals surface area contributed by atoms with Crippen LogP contribution in [0, 0.1) is 0 Å². The molecule has 0 saturated heterocycles. The summed E-state index contributed by atoms with van der Waals surface area (Å²) in [5.41, 5.74) is 0. The second kappa shape index (κ2) is 4.61. The summed E-state index contributed by atoms with van der Waals surface area (Å²) in [6.07, 6.45) is 5.12. The van der Waals surface area contributed by atoms with E-state index < -0.39 is 0 Å². The van der Waals surface area contributed by atoms with Crippen LogP contribution in [0.15, 0.2) is 0 Å². The van der Waals surface area contributed by atoms with E-state index in [0.717, 1.165) is 10.5 Å². The molecule has 0 heterocycles.